The Bertz CT molecular complexity index is 381. The molecule has 0 aliphatic rings. The fourth-order valence-corrected chi connectivity index (χ4v) is 1.30. The largest absolute Gasteiger partial charge is 0.493 e. The van der Waals surface area contributed by atoms with Crippen LogP contribution in [-0.4, -0.2) is 20.3 Å². The van der Waals surface area contributed by atoms with E-state index < -0.39 is 6.61 Å². The van der Waals surface area contributed by atoms with E-state index in [2.05, 4.69) is 4.74 Å². The zero-order valence-electron chi connectivity index (χ0n) is 9.53. The van der Waals surface area contributed by atoms with Gasteiger partial charge in [-0.2, -0.15) is 8.78 Å². The van der Waals surface area contributed by atoms with Crippen molar-refractivity contribution in [1.82, 2.24) is 0 Å². The summed E-state index contributed by atoms with van der Waals surface area (Å²) < 4.78 is 33.6. The third kappa shape index (κ3) is 4.40. The zero-order valence-corrected chi connectivity index (χ0v) is 9.53. The van der Waals surface area contributed by atoms with Gasteiger partial charge in [0, 0.05) is 0 Å². The number of hydrogen-bond acceptors (Lipinski definition) is 3. The molecule has 0 bridgehead atoms. The summed E-state index contributed by atoms with van der Waals surface area (Å²) in [5.41, 5.74) is 6.10. The quantitative estimate of drug-likeness (QED) is 0.835. The third-order valence-electron chi connectivity index (χ3n) is 2.05. The molecular formula is C12H15F2NO2. The highest BCUT2D eigenvalue weighted by molar-refractivity contribution is 5.55. The van der Waals surface area contributed by atoms with E-state index in [9.17, 15) is 8.78 Å². The average molecular weight is 243 g/mol. The lowest BCUT2D eigenvalue weighted by atomic mass is 10.2. The van der Waals surface area contributed by atoms with Crippen LogP contribution in [0.5, 0.6) is 11.5 Å². The van der Waals surface area contributed by atoms with Crippen molar-refractivity contribution in [2.75, 3.05) is 13.7 Å². The SMILES string of the molecule is COc1ccc(/C=C/CCN)cc1OC(F)F. The van der Waals surface area contributed by atoms with Gasteiger partial charge in [0.25, 0.3) is 0 Å². The van der Waals surface area contributed by atoms with Gasteiger partial charge < -0.3 is 15.2 Å². The Labute approximate surface area is 98.8 Å². The molecule has 1 rings (SSSR count). The van der Waals surface area contributed by atoms with Crippen molar-refractivity contribution in [3.8, 4) is 11.5 Å². The van der Waals surface area contributed by atoms with Gasteiger partial charge in [0.15, 0.2) is 11.5 Å². The summed E-state index contributed by atoms with van der Waals surface area (Å²) >= 11 is 0. The summed E-state index contributed by atoms with van der Waals surface area (Å²) in [5, 5.41) is 0. The van der Waals surface area contributed by atoms with Gasteiger partial charge in [0.2, 0.25) is 0 Å². The van der Waals surface area contributed by atoms with Gasteiger partial charge in [-0.25, -0.2) is 0 Å². The van der Waals surface area contributed by atoms with Crippen LogP contribution in [-0.2, 0) is 0 Å². The highest BCUT2D eigenvalue weighted by Gasteiger charge is 2.10. The predicted molar refractivity (Wildman–Crippen MR) is 62.3 cm³/mol. The van der Waals surface area contributed by atoms with Crippen LogP contribution in [0.15, 0.2) is 24.3 Å². The Morgan fingerprint density at radius 2 is 2.12 bits per heavy atom. The van der Waals surface area contributed by atoms with E-state index in [0.717, 1.165) is 12.0 Å². The topological polar surface area (TPSA) is 44.5 Å². The monoisotopic (exact) mass is 243 g/mol. The zero-order chi connectivity index (χ0) is 12.7. The molecule has 0 saturated heterocycles. The molecule has 0 spiro atoms. The second kappa shape index (κ2) is 6.85. The number of hydrogen-bond donors (Lipinski definition) is 1. The van der Waals surface area contributed by atoms with Crippen LogP contribution in [0.3, 0.4) is 0 Å². The van der Waals surface area contributed by atoms with Crippen molar-refractivity contribution in [3.05, 3.63) is 29.8 Å². The molecule has 0 saturated carbocycles. The molecule has 0 heterocycles. The fourth-order valence-electron chi connectivity index (χ4n) is 1.30. The molecule has 0 aromatic heterocycles. The average Bonchev–Trinajstić information content (AvgIpc) is 2.29. The molecule has 0 fully saturated rings. The highest BCUT2D eigenvalue weighted by Crippen LogP contribution is 2.29. The summed E-state index contributed by atoms with van der Waals surface area (Å²) in [4.78, 5) is 0. The third-order valence-corrected chi connectivity index (χ3v) is 2.05. The molecule has 0 amide bonds. The minimum atomic E-state index is -2.87. The normalized spacial score (nSPS) is 11.1. The predicted octanol–water partition coefficient (Wildman–Crippen LogP) is 2.66. The smallest absolute Gasteiger partial charge is 0.387 e. The number of ether oxygens (including phenoxy) is 2. The van der Waals surface area contributed by atoms with Gasteiger partial charge in [-0.3, -0.25) is 0 Å². The summed E-state index contributed by atoms with van der Waals surface area (Å²) in [6, 6.07) is 4.84. The lowest BCUT2D eigenvalue weighted by Gasteiger charge is -2.10. The molecule has 5 heteroatoms. The second-order valence-corrected chi connectivity index (χ2v) is 3.27. The van der Waals surface area contributed by atoms with Gasteiger partial charge in [-0.05, 0) is 30.7 Å². The van der Waals surface area contributed by atoms with Crippen LogP contribution in [0, 0.1) is 0 Å². The Hall–Kier alpha value is -1.62. The lowest BCUT2D eigenvalue weighted by Crippen LogP contribution is -2.03. The standard InChI is InChI=1S/C12H15F2NO2/c1-16-10-6-5-9(4-2-3-7-15)8-11(10)17-12(13)14/h2,4-6,8,12H,3,7,15H2,1H3/b4-2+. The van der Waals surface area contributed by atoms with E-state index in [1.807, 2.05) is 6.08 Å². The van der Waals surface area contributed by atoms with Crippen LogP contribution < -0.4 is 15.2 Å². The molecule has 1 aromatic rings. The van der Waals surface area contributed by atoms with Crippen molar-refractivity contribution in [2.24, 2.45) is 5.73 Å². The number of benzene rings is 1. The molecular weight excluding hydrogens is 228 g/mol. The van der Waals surface area contributed by atoms with Crippen molar-refractivity contribution in [2.45, 2.75) is 13.0 Å². The minimum absolute atomic E-state index is 0.0254. The van der Waals surface area contributed by atoms with E-state index >= 15 is 0 Å². The highest BCUT2D eigenvalue weighted by atomic mass is 19.3. The summed E-state index contributed by atoms with van der Waals surface area (Å²) in [6.07, 6.45) is 4.40. The van der Waals surface area contributed by atoms with Crippen molar-refractivity contribution in [1.29, 1.82) is 0 Å². The summed E-state index contributed by atoms with van der Waals surface area (Å²) in [7, 11) is 1.40. The van der Waals surface area contributed by atoms with Gasteiger partial charge in [0.1, 0.15) is 0 Å². The van der Waals surface area contributed by atoms with E-state index in [-0.39, 0.29) is 11.5 Å². The molecule has 17 heavy (non-hydrogen) atoms. The minimum Gasteiger partial charge on any atom is -0.493 e. The van der Waals surface area contributed by atoms with E-state index in [1.165, 1.54) is 13.2 Å². The van der Waals surface area contributed by atoms with Crippen LogP contribution in [0.25, 0.3) is 6.08 Å². The first kappa shape index (κ1) is 13.4. The van der Waals surface area contributed by atoms with Crippen LogP contribution in [0.2, 0.25) is 0 Å². The first-order valence-electron chi connectivity index (χ1n) is 5.17. The first-order valence-corrected chi connectivity index (χ1v) is 5.17. The van der Waals surface area contributed by atoms with Crippen molar-refractivity contribution in [3.63, 3.8) is 0 Å². The second-order valence-electron chi connectivity index (χ2n) is 3.27. The van der Waals surface area contributed by atoms with Crippen molar-refractivity contribution < 1.29 is 18.3 Å². The van der Waals surface area contributed by atoms with E-state index in [4.69, 9.17) is 10.5 Å². The first-order chi connectivity index (χ1) is 8.17. The summed E-state index contributed by atoms with van der Waals surface area (Å²) in [5.74, 6) is 0.304. The molecule has 2 N–H and O–H groups in total. The molecule has 1 aromatic carbocycles. The van der Waals surface area contributed by atoms with Crippen LogP contribution in [0.4, 0.5) is 8.78 Å². The molecule has 0 unspecified atom stereocenters. The Balaban J connectivity index is 2.88. The number of alkyl halides is 2. The molecule has 0 aliphatic heterocycles. The molecule has 0 radical (unpaired) electrons. The van der Waals surface area contributed by atoms with Crippen LogP contribution in [0.1, 0.15) is 12.0 Å². The lowest BCUT2D eigenvalue weighted by molar-refractivity contribution is -0.0512. The number of rotatable bonds is 6. The number of halogens is 2. The maximum atomic E-state index is 12.2. The Kier molecular flexibility index (Phi) is 5.42. The van der Waals surface area contributed by atoms with Gasteiger partial charge in [0.05, 0.1) is 7.11 Å². The van der Waals surface area contributed by atoms with Gasteiger partial charge in [-0.15, -0.1) is 0 Å². The number of nitrogens with two attached hydrogens (primary N) is 1. The van der Waals surface area contributed by atoms with Gasteiger partial charge in [-0.1, -0.05) is 18.2 Å². The molecule has 94 valence electrons. The summed E-state index contributed by atoms with van der Waals surface area (Å²) in [6.45, 7) is -2.32. The Morgan fingerprint density at radius 1 is 1.35 bits per heavy atom. The van der Waals surface area contributed by atoms with Crippen molar-refractivity contribution >= 4 is 6.08 Å². The number of methoxy groups -OCH3 is 1. The van der Waals surface area contributed by atoms with E-state index in [1.54, 1.807) is 18.2 Å². The van der Waals surface area contributed by atoms with Crippen LogP contribution >= 0.6 is 0 Å². The van der Waals surface area contributed by atoms with E-state index in [0.29, 0.717) is 6.54 Å². The Morgan fingerprint density at radius 3 is 2.71 bits per heavy atom. The van der Waals surface area contributed by atoms with Gasteiger partial charge >= 0.3 is 6.61 Å². The fraction of sp³-hybridized carbons (Fsp3) is 0.333. The molecule has 0 aliphatic carbocycles. The molecule has 0 atom stereocenters. The maximum Gasteiger partial charge on any atom is 0.387 e. The maximum absolute atomic E-state index is 12.2. The molecule has 3 nitrogen and oxygen atoms in total.